The minimum atomic E-state index is -3.82. The molecular weight excluding hydrogens is 444 g/mol. The molecule has 33 heavy (non-hydrogen) atoms. The molecule has 0 spiro atoms. The number of nitrogens with one attached hydrogen (secondary N) is 1. The van der Waals surface area contributed by atoms with Crippen molar-refractivity contribution in [3.8, 4) is 5.75 Å². The summed E-state index contributed by atoms with van der Waals surface area (Å²) in [6.07, 6.45) is 0. The van der Waals surface area contributed by atoms with Gasteiger partial charge < -0.3 is 4.74 Å². The van der Waals surface area contributed by atoms with Crippen molar-refractivity contribution in [2.75, 3.05) is 25.6 Å². The lowest BCUT2D eigenvalue weighted by Crippen LogP contribution is -2.30. The molecule has 0 aromatic heterocycles. The van der Waals surface area contributed by atoms with Gasteiger partial charge in [0, 0.05) is 19.2 Å². The van der Waals surface area contributed by atoms with E-state index in [2.05, 4.69) is 10.5 Å². The number of rotatable bonds is 9. The average molecular weight is 471 g/mol. The van der Waals surface area contributed by atoms with Crippen LogP contribution in [0, 0.1) is 10.1 Å². The molecule has 0 bridgehead atoms. The molecular formula is C23H26N4O5S. The van der Waals surface area contributed by atoms with Crippen molar-refractivity contribution in [1.82, 2.24) is 4.31 Å². The molecule has 0 saturated carbocycles. The van der Waals surface area contributed by atoms with Crippen molar-refractivity contribution in [2.45, 2.75) is 25.7 Å². The number of hydrazone groups is 1. The molecule has 10 heteroatoms. The standard InChI is InChI=1S/C23H26N4O5S/c1-5-26(6-2)33(30,31)21-11-12-22(23(15-21)27(28)29)25-24-16(3)17-7-8-19-14-20(32-4)10-9-18(19)13-17/h7-15,25H,5-6H2,1-4H3. The van der Waals surface area contributed by atoms with Gasteiger partial charge >= 0.3 is 0 Å². The first-order chi connectivity index (χ1) is 15.7. The van der Waals surface area contributed by atoms with Crippen molar-refractivity contribution in [3.05, 3.63) is 70.3 Å². The highest BCUT2D eigenvalue weighted by Crippen LogP contribution is 2.29. The molecule has 0 aliphatic heterocycles. The van der Waals surface area contributed by atoms with Crippen LogP contribution in [-0.2, 0) is 10.0 Å². The minimum Gasteiger partial charge on any atom is -0.497 e. The highest BCUT2D eigenvalue weighted by atomic mass is 32.2. The fourth-order valence-corrected chi connectivity index (χ4v) is 4.89. The molecule has 0 atom stereocenters. The van der Waals surface area contributed by atoms with Crippen molar-refractivity contribution < 1.29 is 18.1 Å². The van der Waals surface area contributed by atoms with Crippen LogP contribution >= 0.6 is 0 Å². The number of nitro benzene ring substituents is 1. The Balaban J connectivity index is 1.91. The summed E-state index contributed by atoms with van der Waals surface area (Å²) in [7, 11) is -2.20. The van der Waals surface area contributed by atoms with Crippen LogP contribution in [0.5, 0.6) is 5.75 Å². The summed E-state index contributed by atoms with van der Waals surface area (Å²) in [5, 5.41) is 17.9. The summed E-state index contributed by atoms with van der Waals surface area (Å²) < 4.78 is 31.9. The zero-order chi connectivity index (χ0) is 24.2. The number of nitrogens with zero attached hydrogens (tertiary/aromatic N) is 3. The molecule has 0 amide bonds. The number of hydrogen-bond donors (Lipinski definition) is 1. The van der Waals surface area contributed by atoms with Gasteiger partial charge in [-0.3, -0.25) is 15.5 Å². The van der Waals surface area contributed by atoms with E-state index in [9.17, 15) is 18.5 Å². The Morgan fingerprint density at radius 1 is 1.06 bits per heavy atom. The van der Waals surface area contributed by atoms with E-state index in [-0.39, 0.29) is 29.4 Å². The van der Waals surface area contributed by atoms with Crippen LogP contribution in [0.15, 0.2) is 64.6 Å². The van der Waals surface area contributed by atoms with E-state index >= 15 is 0 Å². The number of methoxy groups -OCH3 is 1. The zero-order valence-electron chi connectivity index (χ0n) is 18.9. The number of hydrogen-bond acceptors (Lipinski definition) is 7. The quantitative estimate of drug-likeness (QED) is 0.277. The molecule has 3 aromatic carbocycles. The molecule has 174 valence electrons. The van der Waals surface area contributed by atoms with E-state index in [0.717, 1.165) is 28.2 Å². The van der Waals surface area contributed by atoms with Gasteiger partial charge in [-0.25, -0.2) is 8.42 Å². The molecule has 0 fully saturated rings. The van der Waals surface area contributed by atoms with Crippen LogP contribution in [0.1, 0.15) is 26.3 Å². The Labute approximate surface area is 192 Å². The Kier molecular flexibility index (Phi) is 7.29. The van der Waals surface area contributed by atoms with E-state index in [1.54, 1.807) is 27.9 Å². The Bertz CT molecular complexity index is 1320. The molecule has 9 nitrogen and oxygen atoms in total. The van der Waals surface area contributed by atoms with Crippen molar-refractivity contribution in [2.24, 2.45) is 5.10 Å². The second kappa shape index (κ2) is 9.97. The van der Waals surface area contributed by atoms with Gasteiger partial charge in [0.2, 0.25) is 10.0 Å². The largest absolute Gasteiger partial charge is 0.497 e. The third-order valence-electron chi connectivity index (χ3n) is 5.32. The molecule has 0 heterocycles. The molecule has 0 aliphatic rings. The van der Waals surface area contributed by atoms with Gasteiger partial charge in [-0.1, -0.05) is 32.0 Å². The van der Waals surface area contributed by atoms with Gasteiger partial charge in [-0.2, -0.15) is 9.41 Å². The minimum absolute atomic E-state index is 0.100. The van der Waals surface area contributed by atoms with Crippen molar-refractivity contribution in [3.63, 3.8) is 0 Å². The third kappa shape index (κ3) is 5.12. The van der Waals surface area contributed by atoms with Gasteiger partial charge in [-0.05, 0) is 53.6 Å². The summed E-state index contributed by atoms with van der Waals surface area (Å²) in [6.45, 7) is 5.75. The number of anilines is 1. The Morgan fingerprint density at radius 2 is 1.73 bits per heavy atom. The number of sulfonamides is 1. The summed E-state index contributed by atoms with van der Waals surface area (Å²) in [5.74, 6) is 0.765. The number of ether oxygens (including phenoxy) is 1. The van der Waals surface area contributed by atoms with Gasteiger partial charge in [0.05, 0.1) is 22.6 Å². The maximum absolute atomic E-state index is 12.7. The van der Waals surface area contributed by atoms with E-state index in [1.165, 1.54) is 16.4 Å². The zero-order valence-corrected chi connectivity index (χ0v) is 19.7. The van der Waals surface area contributed by atoms with E-state index in [4.69, 9.17) is 4.74 Å². The summed E-state index contributed by atoms with van der Waals surface area (Å²) >= 11 is 0. The Hall–Kier alpha value is -3.50. The first-order valence-corrected chi connectivity index (χ1v) is 11.8. The summed E-state index contributed by atoms with van der Waals surface area (Å²) in [5.41, 5.74) is 3.89. The topological polar surface area (TPSA) is 114 Å². The third-order valence-corrected chi connectivity index (χ3v) is 7.36. The Morgan fingerprint density at radius 3 is 2.36 bits per heavy atom. The van der Waals surface area contributed by atoms with E-state index in [1.807, 2.05) is 36.4 Å². The molecule has 0 saturated heterocycles. The van der Waals surface area contributed by atoms with Crippen LogP contribution in [0.4, 0.5) is 11.4 Å². The number of nitro groups is 1. The monoisotopic (exact) mass is 470 g/mol. The highest BCUT2D eigenvalue weighted by Gasteiger charge is 2.25. The summed E-state index contributed by atoms with van der Waals surface area (Å²) in [6, 6.07) is 15.3. The van der Waals surface area contributed by atoms with Gasteiger partial charge in [-0.15, -0.1) is 0 Å². The molecule has 0 unspecified atom stereocenters. The normalized spacial score (nSPS) is 12.2. The number of benzene rings is 3. The van der Waals surface area contributed by atoms with Crippen LogP contribution < -0.4 is 10.2 Å². The second-order valence-corrected chi connectivity index (χ2v) is 9.20. The van der Waals surface area contributed by atoms with Gasteiger partial charge in [0.1, 0.15) is 11.4 Å². The van der Waals surface area contributed by atoms with Crippen LogP contribution in [0.2, 0.25) is 0 Å². The molecule has 3 aromatic rings. The average Bonchev–Trinajstić information content (AvgIpc) is 2.82. The van der Waals surface area contributed by atoms with Gasteiger partial charge in [0.25, 0.3) is 5.69 Å². The molecule has 0 aliphatic carbocycles. The summed E-state index contributed by atoms with van der Waals surface area (Å²) in [4.78, 5) is 10.9. The lowest BCUT2D eigenvalue weighted by molar-refractivity contribution is -0.384. The van der Waals surface area contributed by atoms with Crippen LogP contribution in [-0.4, -0.2) is 43.6 Å². The van der Waals surface area contributed by atoms with Crippen LogP contribution in [0.3, 0.4) is 0 Å². The maximum atomic E-state index is 12.7. The molecule has 1 N–H and O–H groups in total. The van der Waals surface area contributed by atoms with E-state index in [0.29, 0.717) is 5.71 Å². The fraction of sp³-hybridized carbons (Fsp3) is 0.261. The lowest BCUT2D eigenvalue weighted by atomic mass is 10.0. The predicted octanol–water partition coefficient (Wildman–Crippen LogP) is 4.62. The van der Waals surface area contributed by atoms with Crippen LogP contribution in [0.25, 0.3) is 10.8 Å². The van der Waals surface area contributed by atoms with E-state index < -0.39 is 14.9 Å². The highest BCUT2D eigenvalue weighted by molar-refractivity contribution is 7.89. The smallest absolute Gasteiger partial charge is 0.295 e. The second-order valence-electron chi connectivity index (χ2n) is 7.26. The number of fused-ring (bicyclic) bond motifs is 1. The van der Waals surface area contributed by atoms with Gasteiger partial charge in [0.15, 0.2) is 0 Å². The first kappa shape index (κ1) is 24.1. The molecule has 3 rings (SSSR count). The lowest BCUT2D eigenvalue weighted by Gasteiger charge is -2.18. The SMILES string of the molecule is CCN(CC)S(=O)(=O)c1ccc(NN=C(C)c2ccc3cc(OC)ccc3c2)c([N+](=O)[O-])c1. The predicted molar refractivity (Wildman–Crippen MR) is 130 cm³/mol. The molecule has 0 radical (unpaired) electrons. The first-order valence-electron chi connectivity index (χ1n) is 10.4. The van der Waals surface area contributed by atoms with Crippen molar-refractivity contribution in [1.29, 1.82) is 0 Å². The fourth-order valence-electron chi connectivity index (χ4n) is 3.41. The van der Waals surface area contributed by atoms with Crippen molar-refractivity contribution >= 4 is 37.9 Å². The maximum Gasteiger partial charge on any atom is 0.295 e.